The Kier molecular flexibility index (Phi) is 4.87. The van der Waals surface area contributed by atoms with Crippen LogP contribution in [0, 0.1) is 0 Å². The van der Waals surface area contributed by atoms with Gasteiger partial charge in [-0.15, -0.1) is 0 Å². The average molecular weight is 286 g/mol. The first-order valence-corrected chi connectivity index (χ1v) is 6.20. The Morgan fingerprint density at radius 2 is 2.10 bits per heavy atom. The van der Waals surface area contributed by atoms with Gasteiger partial charge in [-0.05, 0) is 24.3 Å². The molecule has 0 unspecified atom stereocenters. The number of rotatable bonds is 5. The van der Waals surface area contributed by atoms with Gasteiger partial charge in [0.2, 0.25) is 0 Å². The highest BCUT2D eigenvalue weighted by atomic mass is 16.6. The van der Waals surface area contributed by atoms with Gasteiger partial charge in [-0.25, -0.2) is 4.79 Å². The van der Waals surface area contributed by atoms with Crippen LogP contribution in [0.2, 0.25) is 0 Å². The number of benzene rings is 1. The zero-order chi connectivity index (χ0) is 15.1. The third-order valence-electron chi connectivity index (χ3n) is 2.60. The smallest absolute Gasteiger partial charge is 0.343 e. The summed E-state index contributed by atoms with van der Waals surface area (Å²) in [5.41, 5.74) is 1.02. The lowest BCUT2D eigenvalue weighted by Crippen LogP contribution is -2.13. The molecule has 0 aliphatic heterocycles. The Morgan fingerprint density at radius 1 is 1.24 bits per heavy atom. The lowest BCUT2D eigenvalue weighted by Gasteiger charge is -2.08. The van der Waals surface area contributed by atoms with Crippen LogP contribution in [0.25, 0.3) is 0 Å². The zero-order valence-electron chi connectivity index (χ0n) is 11.4. The number of carbonyl (C=O) groups excluding carboxylic acids is 2. The first-order valence-electron chi connectivity index (χ1n) is 6.20. The van der Waals surface area contributed by atoms with E-state index in [1.165, 1.54) is 13.3 Å². The van der Waals surface area contributed by atoms with Gasteiger partial charge in [-0.1, -0.05) is 6.07 Å². The van der Waals surface area contributed by atoms with Gasteiger partial charge in [0.15, 0.2) is 6.61 Å². The maximum Gasteiger partial charge on any atom is 0.343 e. The summed E-state index contributed by atoms with van der Waals surface area (Å²) >= 11 is 0. The van der Waals surface area contributed by atoms with Crippen molar-refractivity contribution in [2.75, 3.05) is 19.0 Å². The average Bonchev–Trinajstić information content (AvgIpc) is 2.53. The van der Waals surface area contributed by atoms with Crippen LogP contribution in [0.5, 0.6) is 5.75 Å². The summed E-state index contributed by atoms with van der Waals surface area (Å²) in [5.74, 6) is -0.280. The molecule has 0 saturated carbocycles. The van der Waals surface area contributed by atoms with Crippen LogP contribution in [-0.2, 0) is 9.53 Å². The molecule has 0 radical (unpaired) electrons. The van der Waals surface area contributed by atoms with Crippen molar-refractivity contribution >= 4 is 17.6 Å². The van der Waals surface area contributed by atoms with Crippen LogP contribution in [0.15, 0.2) is 48.8 Å². The van der Waals surface area contributed by atoms with Crippen LogP contribution in [0.1, 0.15) is 10.4 Å². The molecule has 0 spiro atoms. The predicted molar refractivity (Wildman–Crippen MR) is 76.1 cm³/mol. The predicted octanol–water partition coefficient (Wildman–Crippen LogP) is 1.89. The monoisotopic (exact) mass is 286 g/mol. The second-order valence-corrected chi connectivity index (χ2v) is 4.09. The molecule has 1 aromatic heterocycles. The first kappa shape index (κ1) is 14.5. The van der Waals surface area contributed by atoms with Gasteiger partial charge in [0.05, 0.1) is 12.7 Å². The Balaban J connectivity index is 2.01. The Labute approximate surface area is 121 Å². The second-order valence-electron chi connectivity index (χ2n) is 4.09. The Hall–Kier alpha value is -2.89. The van der Waals surface area contributed by atoms with E-state index in [4.69, 9.17) is 4.74 Å². The minimum atomic E-state index is -0.472. The molecule has 1 aromatic carbocycles. The van der Waals surface area contributed by atoms with E-state index in [1.54, 1.807) is 42.6 Å². The molecule has 1 amide bonds. The minimum absolute atomic E-state index is 0.184. The van der Waals surface area contributed by atoms with Crippen molar-refractivity contribution < 1.29 is 19.1 Å². The summed E-state index contributed by atoms with van der Waals surface area (Å²) in [6.45, 7) is -0.184. The standard InChI is InChI=1S/C15H14N2O4/c1-20-14(18)10-21-13-6-2-5-12(8-13)17-15(19)11-4-3-7-16-9-11/h2-9H,10H2,1H3,(H,17,19). The molecule has 6 heteroatoms. The quantitative estimate of drug-likeness (QED) is 0.849. The van der Waals surface area contributed by atoms with Gasteiger partial charge in [0, 0.05) is 24.1 Å². The minimum Gasteiger partial charge on any atom is -0.482 e. The highest BCUT2D eigenvalue weighted by Crippen LogP contribution is 2.18. The van der Waals surface area contributed by atoms with Crippen molar-refractivity contribution in [3.8, 4) is 5.75 Å². The summed E-state index contributed by atoms with van der Waals surface area (Å²) in [6.07, 6.45) is 3.07. The van der Waals surface area contributed by atoms with Crippen molar-refractivity contribution in [2.45, 2.75) is 0 Å². The third kappa shape index (κ3) is 4.31. The van der Waals surface area contributed by atoms with Gasteiger partial charge in [0.1, 0.15) is 5.75 Å². The summed E-state index contributed by atoms with van der Waals surface area (Å²) in [7, 11) is 1.29. The molecule has 1 heterocycles. The zero-order valence-corrected chi connectivity index (χ0v) is 11.4. The topological polar surface area (TPSA) is 77.5 Å². The van der Waals surface area contributed by atoms with E-state index in [2.05, 4.69) is 15.0 Å². The summed E-state index contributed by atoms with van der Waals surface area (Å²) in [5, 5.41) is 2.73. The molecule has 0 fully saturated rings. The van der Waals surface area contributed by atoms with Crippen LogP contribution >= 0.6 is 0 Å². The number of esters is 1. The van der Waals surface area contributed by atoms with E-state index >= 15 is 0 Å². The molecular weight excluding hydrogens is 272 g/mol. The van der Waals surface area contributed by atoms with E-state index in [1.807, 2.05) is 0 Å². The fourth-order valence-corrected chi connectivity index (χ4v) is 1.57. The maximum absolute atomic E-state index is 12.0. The molecule has 2 rings (SSSR count). The molecule has 0 atom stereocenters. The number of aromatic nitrogens is 1. The van der Waals surface area contributed by atoms with Gasteiger partial charge < -0.3 is 14.8 Å². The Morgan fingerprint density at radius 3 is 2.81 bits per heavy atom. The fraction of sp³-hybridized carbons (Fsp3) is 0.133. The highest BCUT2D eigenvalue weighted by Gasteiger charge is 2.07. The largest absolute Gasteiger partial charge is 0.482 e. The van der Waals surface area contributed by atoms with E-state index in [0.29, 0.717) is 17.0 Å². The lowest BCUT2D eigenvalue weighted by molar-refractivity contribution is -0.142. The maximum atomic E-state index is 12.0. The van der Waals surface area contributed by atoms with Gasteiger partial charge in [0.25, 0.3) is 5.91 Å². The molecule has 0 aliphatic rings. The molecule has 0 aliphatic carbocycles. The second kappa shape index (κ2) is 7.04. The van der Waals surface area contributed by atoms with Gasteiger partial charge in [-0.3, -0.25) is 9.78 Å². The van der Waals surface area contributed by atoms with Crippen LogP contribution in [-0.4, -0.2) is 30.6 Å². The number of amides is 1. The van der Waals surface area contributed by atoms with Crippen LogP contribution in [0.4, 0.5) is 5.69 Å². The van der Waals surface area contributed by atoms with Gasteiger partial charge in [-0.2, -0.15) is 0 Å². The lowest BCUT2D eigenvalue weighted by atomic mass is 10.2. The SMILES string of the molecule is COC(=O)COc1cccc(NC(=O)c2cccnc2)c1. The molecule has 0 saturated heterocycles. The van der Waals surface area contributed by atoms with Crippen molar-refractivity contribution in [1.82, 2.24) is 4.98 Å². The van der Waals surface area contributed by atoms with Crippen LogP contribution < -0.4 is 10.1 Å². The summed E-state index contributed by atoms with van der Waals surface area (Å²) < 4.78 is 9.73. The van der Waals surface area contributed by atoms with E-state index in [9.17, 15) is 9.59 Å². The fourth-order valence-electron chi connectivity index (χ4n) is 1.57. The molecule has 2 aromatic rings. The van der Waals surface area contributed by atoms with Crippen molar-refractivity contribution in [3.05, 3.63) is 54.4 Å². The molecule has 108 valence electrons. The number of hydrogen-bond acceptors (Lipinski definition) is 5. The molecule has 0 bridgehead atoms. The number of nitrogens with one attached hydrogen (secondary N) is 1. The normalized spacial score (nSPS) is 9.76. The van der Waals surface area contributed by atoms with Gasteiger partial charge >= 0.3 is 5.97 Å². The molecular formula is C15H14N2O4. The van der Waals surface area contributed by atoms with Crippen molar-refractivity contribution in [3.63, 3.8) is 0 Å². The number of methoxy groups -OCH3 is 1. The third-order valence-corrected chi connectivity index (χ3v) is 2.60. The number of ether oxygens (including phenoxy) is 2. The number of carbonyl (C=O) groups is 2. The number of pyridine rings is 1. The van der Waals surface area contributed by atoms with Crippen LogP contribution in [0.3, 0.4) is 0 Å². The van der Waals surface area contributed by atoms with Crippen molar-refractivity contribution in [1.29, 1.82) is 0 Å². The Bertz CT molecular complexity index is 629. The summed E-state index contributed by atoms with van der Waals surface area (Å²) in [4.78, 5) is 26.9. The molecule has 21 heavy (non-hydrogen) atoms. The molecule has 1 N–H and O–H groups in total. The van der Waals surface area contributed by atoms with E-state index < -0.39 is 5.97 Å². The summed E-state index contributed by atoms with van der Waals surface area (Å²) in [6, 6.07) is 10.1. The number of anilines is 1. The highest BCUT2D eigenvalue weighted by molar-refractivity contribution is 6.04. The number of hydrogen-bond donors (Lipinski definition) is 1. The van der Waals surface area contributed by atoms with E-state index in [-0.39, 0.29) is 12.5 Å². The first-order chi connectivity index (χ1) is 10.2. The van der Waals surface area contributed by atoms with E-state index in [0.717, 1.165) is 0 Å². The number of nitrogens with zero attached hydrogens (tertiary/aromatic N) is 1. The van der Waals surface area contributed by atoms with Crippen molar-refractivity contribution in [2.24, 2.45) is 0 Å². The molecule has 6 nitrogen and oxygen atoms in total.